The van der Waals surface area contributed by atoms with Gasteiger partial charge in [0.1, 0.15) is 5.75 Å². The van der Waals surface area contributed by atoms with E-state index in [0.717, 1.165) is 11.3 Å². The molecular weight excluding hydrogens is 344 g/mol. The summed E-state index contributed by atoms with van der Waals surface area (Å²) in [4.78, 5) is 24.1. The summed E-state index contributed by atoms with van der Waals surface area (Å²) in [6.07, 6.45) is -0.942. The fraction of sp³-hybridized carbons (Fsp3) is 0.222. The second kappa shape index (κ2) is 8.39. The number of nitrogen functional groups attached to an aromatic ring is 1. The molecule has 0 aromatic heterocycles. The lowest BCUT2D eigenvalue weighted by molar-refractivity contribution is -0.129. The summed E-state index contributed by atoms with van der Waals surface area (Å²) in [6, 6.07) is 11.7. The van der Waals surface area contributed by atoms with Gasteiger partial charge in [-0.25, -0.2) is 4.79 Å². The molecule has 7 heteroatoms. The maximum atomic E-state index is 12.1. The number of hydrogen-bond donors (Lipinski definition) is 2. The van der Waals surface area contributed by atoms with E-state index in [-0.39, 0.29) is 11.3 Å². The first-order valence-electron chi connectivity index (χ1n) is 7.57. The lowest BCUT2D eigenvalue weighted by Gasteiger charge is -2.14. The standard InChI is InChI=1S/C18H19ClN2O4/c1-11(25-18(23)13-5-8-15(19)16(20)9-13)17(22)21-10-12-3-6-14(24-2)7-4-12/h3-9,11H,10,20H2,1-2H3,(H,21,22). The minimum absolute atomic E-state index is 0.233. The predicted molar refractivity (Wildman–Crippen MR) is 95.6 cm³/mol. The molecule has 0 bridgehead atoms. The molecule has 0 aliphatic carbocycles. The van der Waals surface area contributed by atoms with Gasteiger partial charge < -0.3 is 20.5 Å². The largest absolute Gasteiger partial charge is 0.497 e. The van der Waals surface area contributed by atoms with Gasteiger partial charge in [-0.1, -0.05) is 23.7 Å². The highest BCUT2D eigenvalue weighted by Crippen LogP contribution is 2.20. The predicted octanol–water partition coefficient (Wildman–Crippen LogP) is 2.79. The molecule has 3 N–H and O–H groups in total. The first-order chi connectivity index (χ1) is 11.9. The third-order valence-electron chi connectivity index (χ3n) is 3.51. The Kier molecular flexibility index (Phi) is 6.25. The van der Waals surface area contributed by atoms with E-state index in [1.165, 1.54) is 25.1 Å². The lowest BCUT2D eigenvalue weighted by atomic mass is 10.2. The average Bonchev–Trinajstić information content (AvgIpc) is 2.62. The van der Waals surface area contributed by atoms with Crippen LogP contribution in [0.5, 0.6) is 5.75 Å². The van der Waals surface area contributed by atoms with Gasteiger partial charge in [0.2, 0.25) is 0 Å². The lowest BCUT2D eigenvalue weighted by Crippen LogP contribution is -2.35. The van der Waals surface area contributed by atoms with Crippen molar-refractivity contribution in [1.82, 2.24) is 5.32 Å². The van der Waals surface area contributed by atoms with Crippen molar-refractivity contribution in [2.45, 2.75) is 19.6 Å². The summed E-state index contributed by atoms with van der Waals surface area (Å²) < 4.78 is 10.2. The third kappa shape index (κ3) is 5.12. The quantitative estimate of drug-likeness (QED) is 0.609. The van der Waals surface area contributed by atoms with Gasteiger partial charge in [0.25, 0.3) is 5.91 Å². The Morgan fingerprint density at radius 2 is 1.88 bits per heavy atom. The normalized spacial score (nSPS) is 11.5. The molecule has 25 heavy (non-hydrogen) atoms. The van der Waals surface area contributed by atoms with Crippen LogP contribution in [0, 0.1) is 0 Å². The first kappa shape index (κ1) is 18.6. The molecule has 6 nitrogen and oxygen atoms in total. The van der Waals surface area contributed by atoms with Crippen LogP contribution in [0.25, 0.3) is 0 Å². The smallest absolute Gasteiger partial charge is 0.338 e. The van der Waals surface area contributed by atoms with Gasteiger partial charge in [0, 0.05) is 6.54 Å². The Morgan fingerprint density at radius 1 is 1.20 bits per heavy atom. The fourth-order valence-corrected chi connectivity index (χ4v) is 2.15. The van der Waals surface area contributed by atoms with Crippen LogP contribution in [0.4, 0.5) is 5.69 Å². The number of nitrogens with one attached hydrogen (secondary N) is 1. The molecule has 2 aromatic carbocycles. The molecule has 1 unspecified atom stereocenters. The van der Waals surface area contributed by atoms with Gasteiger partial charge in [0.05, 0.1) is 23.4 Å². The molecule has 0 radical (unpaired) electrons. The molecule has 2 rings (SSSR count). The first-order valence-corrected chi connectivity index (χ1v) is 7.95. The van der Waals surface area contributed by atoms with Crippen LogP contribution < -0.4 is 15.8 Å². The molecule has 0 saturated carbocycles. The van der Waals surface area contributed by atoms with Crippen molar-refractivity contribution >= 4 is 29.2 Å². The van der Waals surface area contributed by atoms with E-state index in [0.29, 0.717) is 11.6 Å². The second-order valence-corrected chi connectivity index (χ2v) is 5.76. The zero-order valence-corrected chi connectivity index (χ0v) is 14.7. The molecule has 2 aromatic rings. The van der Waals surface area contributed by atoms with Crippen molar-refractivity contribution in [1.29, 1.82) is 0 Å². The average molecular weight is 363 g/mol. The zero-order chi connectivity index (χ0) is 18.4. The molecule has 0 heterocycles. The van der Waals surface area contributed by atoms with Crippen molar-refractivity contribution in [3.63, 3.8) is 0 Å². The zero-order valence-electron chi connectivity index (χ0n) is 13.9. The Bertz CT molecular complexity index is 762. The van der Waals surface area contributed by atoms with E-state index >= 15 is 0 Å². The van der Waals surface area contributed by atoms with Gasteiger partial charge in [-0.2, -0.15) is 0 Å². The topological polar surface area (TPSA) is 90.6 Å². The number of benzene rings is 2. The van der Waals surface area contributed by atoms with E-state index in [2.05, 4.69) is 5.32 Å². The minimum atomic E-state index is -0.942. The van der Waals surface area contributed by atoms with E-state index in [4.69, 9.17) is 26.8 Å². The maximum Gasteiger partial charge on any atom is 0.338 e. The van der Waals surface area contributed by atoms with Crippen LogP contribution in [-0.4, -0.2) is 25.1 Å². The van der Waals surface area contributed by atoms with Crippen LogP contribution >= 0.6 is 11.6 Å². The number of hydrogen-bond acceptors (Lipinski definition) is 5. The number of nitrogens with two attached hydrogens (primary N) is 1. The molecule has 0 saturated heterocycles. The van der Waals surface area contributed by atoms with Gasteiger partial charge >= 0.3 is 5.97 Å². The molecular formula is C18H19ClN2O4. The number of methoxy groups -OCH3 is 1. The van der Waals surface area contributed by atoms with E-state index in [9.17, 15) is 9.59 Å². The van der Waals surface area contributed by atoms with Crippen molar-refractivity contribution in [3.05, 3.63) is 58.6 Å². The molecule has 0 aliphatic rings. The molecule has 132 valence electrons. The molecule has 0 aliphatic heterocycles. The van der Waals surface area contributed by atoms with Crippen LogP contribution in [0.3, 0.4) is 0 Å². The van der Waals surface area contributed by atoms with Gasteiger partial charge in [-0.05, 0) is 42.8 Å². The maximum absolute atomic E-state index is 12.1. The highest BCUT2D eigenvalue weighted by atomic mass is 35.5. The summed E-state index contributed by atoms with van der Waals surface area (Å²) in [7, 11) is 1.58. The monoisotopic (exact) mass is 362 g/mol. The molecule has 0 fully saturated rings. The Balaban J connectivity index is 1.88. The summed E-state index contributed by atoms with van der Waals surface area (Å²) in [5.74, 6) is -0.304. The summed E-state index contributed by atoms with van der Waals surface area (Å²) in [6.45, 7) is 1.82. The van der Waals surface area contributed by atoms with Gasteiger partial charge in [-0.15, -0.1) is 0 Å². The van der Waals surface area contributed by atoms with Crippen molar-refractivity contribution < 1.29 is 19.1 Å². The third-order valence-corrected chi connectivity index (χ3v) is 3.85. The van der Waals surface area contributed by atoms with Crippen molar-refractivity contribution in [2.75, 3.05) is 12.8 Å². The Labute approximate surface area is 150 Å². The number of anilines is 1. The van der Waals surface area contributed by atoms with E-state index < -0.39 is 18.0 Å². The summed E-state index contributed by atoms with van der Waals surface area (Å²) in [5, 5.41) is 3.06. The number of ether oxygens (including phenoxy) is 2. The number of esters is 1. The Hall–Kier alpha value is -2.73. The van der Waals surface area contributed by atoms with Crippen LogP contribution in [0.15, 0.2) is 42.5 Å². The van der Waals surface area contributed by atoms with Gasteiger partial charge in [0.15, 0.2) is 6.10 Å². The van der Waals surface area contributed by atoms with Crippen LogP contribution in [0.1, 0.15) is 22.8 Å². The van der Waals surface area contributed by atoms with E-state index in [1.54, 1.807) is 19.2 Å². The number of rotatable bonds is 6. The van der Waals surface area contributed by atoms with Crippen LogP contribution in [-0.2, 0) is 16.1 Å². The van der Waals surface area contributed by atoms with Crippen molar-refractivity contribution in [3.8, 4) is 5.75 Å². The molecule has 1 atom stereocenters. The van der Waals surface area contributed by atoms with Crippen molar-refractivity contribution in [2.24, 2.45) is 0 Å². The van der Waals surface area contributed by atoms with Gasteiger partial charge in [-0.3, -0.25) is 4.79 Å². The van der Waals surface area contributed by atoms with E-state index in [1.807, 2.05) is 12.1 Å². The molecule has 0 spiro atoms. The number of carbonyl (C=O) groups is 2. The fourth-order valence-electron chi connectivity index (χ4n) is 2.03. The highest BCUT2D eigenvalue weighted by molar-refractivity contribution is 6.33. The highest BCUT2D eigenvalue weighted by Gasteiger charge is 2.19. The second-order valence-electron chi connectivity index (χ2n) is 5.35. The number of amides is 1. The Morgan fingerprint density at radius 3 is 2.48 bits per heavy atom. The van der Waals surface area contributed by atoms with Crippen LogP contribution in [0.2, 0.25) is 5.02 Å². The summed E-state index contributed by atoms with van der Waals surface area (Å²) >= 11 is 5.81. The summed E-state index contributed by atoms with van der Waals surface area (Å²) in [5.41, 5.74) is 7.06. The minimum Gasteiger partial charge on any atom is -0.497 e. The number of carbonyl (C=O) groups excluding carboxylic acids is 2. The molecule has 1 amide bonds. The SMILES string of the molecule is COc1ccc(CNC(=O)C(C)OC(=O)c2ccc(Cl)c(N)c2)cc1. The number of halogens is 1.